The van der Waals surface area contributed by atoms with Crippen molar-refractivity contribution in [3.63, 3.8) is 0 Å². The molecule has 1 aromatic carbocycles. The first-order chi connectivity index (χ1) is 12.8. The van der Waals surface area contributed by atoms with Crippen molar-refractivity contribution in [2.75, 3.05) is 33.4 Å². The third-order valence-electron chi connectivity index (χ3n) is 3.69. The number of rotatable bonds is 10. The first kappa shape index (κ1) is 23.0. The quantitative estimate of drug-likeness (QED) is 0.231. The van der Waals surface area contributed by atoms with Crippen molar-refractivity contribution < 1.29 is 9.47 Å². The van der Waals surface area contributed by atoms with Crippen molar-refractivity contribution in [1.82, 2.24) is 25.4 Å². The first-order valence-electron chi connectivity index (χ1n) is 8.92. The van der Waals surface area contributed by atoms with Crippen LogP contribution in [-0.2, 0) is 13.0 Å². The Hall–Kier alpha value is -2.04. The molecule has 0 amide bonds. The zero-order chi connectivity index (χ0) is 18.6. The Morgan fingerprint density at radius 1 is 1.15 bits per heavy atom. The van der Waals surface area contributed by atoms with E-state index in [2.05, 4.69) is 32.7 Å². The zero-order valence-corrected chi connectivity index (χ0v) is 18.5. The minimum absolute atomic E-state index is 0. The van der Waals surface area contributed by atoms with Gasteiger partial charge in [0.15, 0.2) is 5.96 Å². The molecule has 2 aromatic rings. The lowest BCUT2D eigenvalue weighted by Crippen LogP contribution is -2.39. The van der Waals surface area contributed by atoms with Crippen LogP contribution in [0.5, 0.6) is 11.5 Å². The molecule has 0 bridgehead atoms. The SMILES string of the molecule is CCNC(=NCCn1cnnc1CC)NCCOc1ccc(OC)cc1.I. The second-order valence-corrected chi connectivity index (χ2v) is 5.51. The van der Waals surface area contributed by atoms with E-state index in [0.717, 1.165) is 42.8 Å². The minimum Gasteiger partial charge on any atom is -0.497 e. The lowest BCUT2D eigenvalue weighted by Gasteiger charge is -2.12. The van der Waals surface area contributed by atoms with E-state index < -0.39 is 0 Å². The summed E-state index contributed by atoms with van der Waals surface area (Å²) in [6.45, 7) is 7.53. The average Bonchev–Trinajstić information content (AvgIpc) is 3.13. The summed E-state index contributed by atoms with van der Waals surface area (Å²) in [6.07, 6.45) is 2.61. The van der Waals surface area contributed by atoms with E-state index in [4.69, 9.17) is 9.47 Å². The zero-order valence-electron chi connectivity index (χ0n) is 16.1. The maximum atomic E-state index is 5.71. The largest absolute Gasteiger partial charge is 0.497 e. The van der Waals surface area contributed by atoms with Crippen molar-refractivity contribution in [2.24, 2.45) is 4.99 Å². The number of ether oxygens (including phenoxy) is 2. The predicted molar refractivity (Wildman–Crippen MR) is 117 cm³/mol. The van der Waals surface area contributed by atoms with Gasteiger partial charge in [0.05, 0.1) is 20.2 Å². The molecule has 0 fully saturated rings. The maximum Gasteiger partial charge on any atom is 0.191 e. The van der Waals surface area contributed by atoms with Gasteiger partial charge in [-0.25, -0.2) is 0 Å². The number of benzene rings is 1. The summed E-state index contributed by atoms with van der Waals surface area (Å²) in [7, 11) is 1.65. The second kappa shape index (κ2) is 13.2. The highest BCUT2D eigenvalue weighted by atomic mass is 127. The van der Waals surface area contributed by atoms with Gasteiger partial charge in [0.25, 0.3) is 0 Å². The smallest absolute Gasteiger partial charge is 0.191 e. The molecule has 0 atom stereocenters. The van der Waals surface area contributed by atoms with Crippen LogP contribution in [0.2, 0.25) is 0 Å². The lowest BCUT2D eigenvalue weighted by atomic mass is 10.3. The number of hydrogen-bond acceptors (Lipinski definition) is 5. The van der Waals surface area contributed by atoms with Gasteiger partial charge in [0.1, 0.15) is 30.3 Å². The molecule has 1 aromatic heterocycles. The number of nitrogens with one attached hydrogen (secondary N) is 2. The van der Waals surface area contributed by atoms with Gasteiger partial charge < -0.3 is 24.7 Å². The molecule has 2 N–H and O–H groups in total. The van der Waals surface area contributed by atoms with E-state index >= 15 is 0 Å². The number of aryl methyl sites for hydroxylation is 1. The minimum atomic E-state index is 0. The Balaban J connectivity index is 0.00000364. The predicted octanol–water partition coefficient (Wildman–Crippen LogP) is 2.10. The fourth-order valence-electron chi connectivity index (χ4n) is 2.36. The summed E-state index contributed by atoms with van der Waals surface area (Å²) in [4.78, 5) is 4.58. The highest BCUT2D eigenvalue weighted by Gasteiger charge is 2.02. The fourth-order valence-corrected chi connectivity index (χ4v) is 2.36. The number of guanidine groups is 1. The van der Waals surface area contributed by atoms with Crippen LogP contribution in [0.4, 0.5) is 0 Å². The fraction of sp³-hybridized carbons (Fsp3) is 0.500. The van der Waals surface area contributed by atoms with E-state index in [9.17, 15) is 0 Å². The van der Waals surface area contributed by atoms with Crippen molar-refractivity contribution in [2.45, 2.75) is 26.8 Å². The molecule has 0 aliphatic carbocycles. The van der Waals surface area contributed by atoms with Crippen LogP contribution in [0.25, 0.3) is 0 Å². The molecule has 0 unspecified atom stereocenters. The van der Waals surface area contributed by atoms with E-state index in [1.54, 1.807) is 13.4 Å². The number of aliphatic imine (C=N–C) groups is 1. The topological polar surface area (TPSA) is 85.6 Å². The number of halogens is 1. The molecular formula is C18H29IN6O2. The Labute approximate surface area is 177 Å². The van der Waals surface area contributed by atoms with Crippen LogP contribution in [0, 0.1) is 0 Å². The Kier molecular flexibility index (Phi) is 11.2. The number of aromatic nitrogens is 3. The summed E-state index contributed by atoms with van der Waals surface area (Å²) in [6, 6.07) is 7.54. The number of methoxy groups -OCH3 is 1. The van der Waals surface area contributed by atoms with E-state index in [1.807, 2.05) is 35.8 Å². The molecule has 0 saturated heterocycles. The second-order valence-electron chi connectivity index (χ2n) is 5.51. The van der Waals surface area contributed by atoms with Gasteiger partial charge in [0, 0.05) is 19.5 Å². The molecule has 0 aliphatic rings. The van der Waals surface area contributed by atoms with Gasteiger partial charge in [-0.2, -0.15) is 0 Å². The summed E-state index contributed by atoms with van der Waals surface area (Å²) >= 11 is 0. The third kappa shape index (κ3) is 8.02. The molecule has 2 rings (SSSR count). The van der Waals surface area contributed by atoms with Crippen molar-refractivity contribution >= 4 is 29.9 Å². The van der Waals surface area contributed by atoms with Gasteiger partial charge >= 0.3 is 0 Å². The highest BCUT2D eigenvalue weighted by Crippen LogP contribution is 2.16. The van der Waals surface area contributed by atoms with Crippen LogP contribution >= 0.6 is 24.0 Å². The van der Waals surface area contributed by atoms with Crippen molar-refractivity contribution in [3.05, 3.63) is 36.4 Å². The van der Waals surface area contributed by atoms with Gasteiger partial charge in [-0.1, -0.05) is 6.92 Å². The highest BCUT2D eigenvalue weighted by molar-refractivity contribution is 14.0. The molecule has 27 heavy (non-hydrogen) atoms. The monoisotopic (exact) mass is 488 g/mol. The molecule has 8 nitrogen and oxygen atoms in total. The average molecular weight is 488 g/mol. The van der Waals surface area contributed by atoms with Crippen molar-refractivity contribution in [1.29, 1.82) is 0 Å². The Bertz CT molecular complexity index is 675. The summed E-state index contributed by atoms with van der Waals surface area (Å²) in [5, 5.41) is 14.5. The van der Waals surface area contributed by atoms with Crippen LogP contribution in [0.1, 0.15) is 19.7 Å². The molecule has 0 radical (unpaired) electrons. The summed E-state index contributed by atoms with van der Waals surface area (Å²) in [5.41, 5.74) is 0. The first-order valence-corrected chi connectivity index (χ1v) is 8.92. The van der Waals surface area contributed by atoms with Gasteiger partial charge in [0.2, 0.25) is 0 Å². The summed E-state index contributed by atoms with van der Waals surface area (Å²) < 4.78 is 12.9. The molecule has 0 saturated carbocycles. The van der Waals surface area contributed by atoms with Crippen LogP contribution in [0.3, 0.4) is 0 Å². The van der Waals surface area contributed by atoms with Crippen LogP contribution in [-0.4, -0.2) is 54.1 Å². The summed E-state index contributed by atoms with van der Waals surface area (Å²) in [5.74, 6) is 3.38. The van der Waals surface area contributed by atoms with E-state index in [-0.39, 0.29) is 24.0 Å². The lowest BCUT2D eigenvalue weighted by molar-refractivity contribution is 0.321. The molecule has 1 heterocycles. The van der Waals surface area contributed by atoms with E-state index in [1.165, 1.54) is 0 Å². The Morgan fingerprint density at radius 3 is 2.56 bits per heavy atom. The Morgan fingerprint density at radius 2 is 1.89 bits per heavy atom. The molecule has 150 valence electrons. The molecule has 0 spiro atoms. The normalized spacial score (nSPS) is 10.9. The van der Waals surface area contributed by atoms with Gasteiger partial charge in [-0.15, -0.1) is 34.2 Å². The van der Waals surface area contributed by atoms with Gasteiger partial charge in [-0.3, -0.25) is 4.99 Å². The van der Waals surface area contributed by atoms with Crippen LogP contribution in [0.15, 0.2) is 35.6 Å². The standard InChI is InChI=1S/C18H28N6O2.HI/c1-4-17-23-22-14-24(17)12-10-20-18(19-5-2)21-11-13-26-16-8-6-15(25-3)7-9-16;/h6-9,14H,4-5,10-13H2,1-3H3,(H2,19,20,21);1H. The third-order valence-corrected chi connectivity index (χ3v) is 3.69. The van der Waals surface area contributed by atoms with Crippen LogP contribution < -0.4 is 20.1 Å². The number of hydrogen-bond donors (Lipinski definition) is 2. The maximum absolute atomic E-state index is 5.71. The molecular weight excluding hydrogens is 459 g/mol. The number of nitrogens with zero attached hydrogens (tertiary/aromatic N) is 4. The molecule has 9 heteroatoms. The van der Waals surface area contributed by atoms with Gasteiger partial charge in [-0.05, 0) is 31.2 Å². The van der Waals surface area contributed by atoms with E-state index in [0.29, 0.717) is 19.7 Å². The van der Waals surface area contributed by atoms with Crippen molar-refractivity contribution in [3.8, 4) is 11.5 Å². The molecule has 0 aliphatic heterocycles.